The molecule has 0 aliphatic rings. The van der Waals surface area contributed by atoms with Gasteiger partial charge in [0, 0.05) is 41.4 Å². The van der Waals surface area contributed by atoms with E-state index >= 15 is 0 Å². The number of nitrogens with zero attached hydrogens (tertiary/aromatic N) is 2. The minimum Gasteiger partial charge on any atom is -0.344 e. The predicted molar refractivity (Wildman–Crippen MR) is 78.3 cm³/mol. The number of aromatic nitrogens is 1. The second-order valence-corrected chi connectivity index (χ2v) is 7.02. The molecule has 0 spiro atoms. The highest BCUT2D eigenvalue weighted by Gasteiger charge is 2.19. The van der Waals surface area contributed by atoms with Crippen molar-refractivity contribution in [2.75, 3.05) is 13.6 Å². The fourth-order valence-corrected chi connectivity index (χ4v) is 3.04. The lowest BCUT2D eigenvalue weighted by Gasteiger charge is -2.15. The molecule has 108 valence electrons. The van der Waals surface area contributed by atoms with Crippen molar-refractivity contribution in [2.24, 2.45) is 0 Å². The quantitative estimate of drug-likeness (QED) is 0.812. The Bertz CT molecular complexity index is 752. The molecule has 0 atom stereocenters. The lowest BCUT2D eigenvalue weighted by Crippen LogP contribution is -2.29. The Morgan fingerprint density at radius 2 is 2.00 bits per heavy atom. The van der Waals surface area contributed by atoms with Crippen LogP contribution in [0, 0.1) is 0 Å². The van der Waals surface area contributed by atoms with E-state index in [4.69, 9.17) is 10.7 Å². The van der Waals surface area contributed by atoms with E-state index in [0.29, 0.717) is 17.4 Å². The first-order valence-electron chi connectivity index (χ1n) is 6.11. The number of benzene rings is 1. The molecular weight excluding hydrogens is 300 g/mol. The zero-order valence-corrected chi connectivity index (χ0v) is 12.8. The summed E-state index contributed by atoms with van der Waals surface area (Å²) in [6.45, 7) is 2.55. The van der Waals surface area contributed by atoms with Crippen molar-refractivity contribution in [1.82, 2.24) is 9.47 Å². The Labute approximate surface area is 122 Å². The molecule has 2 aromatic rings. The van der Waals surface area contributed by atoms with E-state index in [1.54, 1.807) is 40.8 Å². The van der Waals surface area contributed by atoms with Crippen LogP contribution in [0.25, 0.3) is 10.9 Å². The molecule has 0 bridgehead atoms. The van der Waals surface area contributed by atoms with Gasteiger partial charge in [-0.1, -0.05) is 18.2 Å². The van der Waals surface area contributed by atoms with Gasteiger partial charge in [-0.05, 0) is 13.0 Å². The number of likely N-dealkylation sites (N-methyl/N-ethyl adjacent to an activating group) is 1. The van der Waals surface area contributed by atoms with E-state index in [0.717, 1.165) is 0 Å². The van der Waals surface area contributed by atoms with Crippen LogP contribution in [0.3, 0.4) is 0 Å². The van der Waals surface area contributed by atoms with E-state index in [1.165, 1.54) is 6.20 Å². The maximum absolute atomic E-state index is 12.0. The van der Waals surface area contributed by atoms with Gasteiger partial charge in [-0.2, -0.15) is 0 Å². The van der Waals surface area contributed by atoms with Gasteiger partial charge in [0.15, 0.2) is 0 Å². The normalized spacial score (nSPS) is 11.8. The third kappa shape index (κ3) is 2.81. The van der Waals surface area contributed by atoms with Crippen molar-refractivity contribution in [2.45, 2.75) is 18.4 Å². The van der Waals surface area contributed by atoms with Gasteiger partial charge in [0.25, 0.3) is 9.05 Å². The maximum atomic E-state index is 12.0. The van der Waals surface area contributed by atoms with Gasteiger partial charge in [0.1, 0.15) is 11.4 Å². The van der Waals surface area contributed by atoms with Crippen molar-refractivity contribution < 1.29 is 13.2 Å². The molecule has 0 saturated heterocycles. The Hall–Kier alpha value is -1.53. The Morgan fingerprint density at radius 1 is 1.35 bits per heavy atom. The van der Waals surface area contributed by atoms with Crippen LogP contribution in [-0.4, -0.2) is 37.4 Å². The fourth-order valence-electron chi connectivity index (χ4n) is 1.98. The first-order chi connectivity index (χ1) is 9.34. The monoisotopic (exact) mass is 314 g/mol. The number of hydrogen-bond donors (Lipinski definition) is 0. The molecule has 0 N–H and O–H groups in total. The van der Waals surface area contributed by atoms with Crippen LogP contribution in [-0.2, 0) is 20.4 Å². The summed E-state index contributed by atoms with van der Waals surface area (Å²) >= 11 is 0. The molecule has 1 heterocycles. The molecule has 7 heteroatoms. The number of fused-ring (bicyclic) bond motifs is 1. The van der Waals surface area contributed by atoms with Gasteiger partial charge < -0.3 is 9.47 Å². The molecule has 1 amide bonds. The average Bonchev–Trinajstić information content (AvgIpc) is 2.77. The van der Waals surface area contributed by atoms with Gasteiger partial charge in [0.2, 0.25) is 5.91 Å². The van der Waals surface area contributed by atoms with Crippen molar-refractivity contribution in [3.05, 3.63) is 30.5 Å². The second kappa shape index (κ2) is 5.46. The summed E-state index contributed by atoms with van der Waals surface area (Å²) in [5.41, 5.74) is 0.671. The van der Waals surface area contributed by atoms with Gasteiger partial charge in [-0.15, -0.1) is 0 Å². The highest BCUT2D eigenvalue weighted by molar-refractivity contribution is 8.14. The summed E-state index contributed by atoms with van der Waals surface area (Å²) in [5.74, 6) is -0.0910. The largest absolute Gasteiger partial charge is 0.344 e. The zero-order chi connectivity index (χ0) is 14.9. The smallest absolute Gasteiger partial charge is 0.263 e. The molecule has 0 saturated carbocycles. The SMILES string of the molecule is CCN(C)C(=O)Cn1cc(S(=O)(=O)Cl)c2ccccc21. The van der Waals surface area contributed by atoms with E-state index < -0.39 is 9.05 Å². The minimum atomic E-state index is -3.84. The van der Waals surface area contributed by atoms with E-state index in [2.05, 4.69) is 0 Å². The van der Waals surface area contributed by atoms with Crippen molar-refractivity contribution >= 4 is 36.5 Å². The molecule has 5 nitrogen and oxygen atoms in total. The summed E-state index contributed by atoms with van der Waals surface area (Å²) in [4.78, 5) is 13.6. The number of rotatable bonds is 4. The Balaban J connectivity index is 2.53. The van der Waals surface area contributed by atoms with E-state index in [1.807, 2.05) is 6.92 Å². The predicted octanol–water partition coefficient (Wildman–Crippen LogP) is 2.05. The number of carbonyl (C=O) groups excluding carboxylic acids is 1. The Morgan fingerprint density at radius 3 is 2.60 bits per heavy atom. The number of halogens is 1. The topological polar surface area (TPSA) is 59.4 Å². The summed E-state index contributed by atoms with van der Waals surface area (Å²) in [6, 6.07) is 6.96. The molecule has 0 fully saturated rings. The summed E-state index contributed by atoms with van der Waals surface area (Å²) in [7, 11) is 3.30. The highest BCUT2D eigenvalue weighted by atomic mass is 35.7. The van der Waals surface area contributed by atoms with Gasteiger partial charge in [-0.25, -0.2) is 8.42 Å². The van der Waals surface area contributed by atoms with Crippen LogP contribution in [0.1, 0.15) is 6.92 Å². The molecule has 0 aliphatic heterocycles. The molecule has 0 unspecified atom stereocenters. The zero-order valence-electron chi connectivity index (χ0n) is 11.2. The molecular formula is C13H15ClN2O3S. The van der Waals surface area contributed by atoms with Gasteiger partial charge >= 0.3 is 0 Å². The van der Waals surface area contributed by atoms with E-state index in [9.17, 15) is 13.2 Å². The third-order valence-electron chi connectivity index (χ3n) is 3.22. The Kier molecular flexibility index (Phi) is 4.06. The third-order valence-corrected chi connectivity index (χ3v) is 4.57. The number of carbonyl (C=O) groups is 1. The van der Waals surface area contributed by atoms with Gasteiger partial charge in [0.05, 0.1) is 0 Å². The lowest BCUT2D eigenvalue weighted by molar-refractivity contribution is -0.130. The van der Waals surface area contributed by atoms with Crippen LogP contribution >= 0.6 is 10.7 Å². The molecule has 1 aromatic carbocycles. The van der Waals surface area contributed by atoms with E-state index in [-0.39, 0.29) is 17.3 Å². The number of amides is 1. The molecule has 1 aromatic heterocycles. The van der Waals surface area contributed by atoms with Gasteiger partial charge in [-0.3, -0.25) is 4.79 Å². The first-order valence-corrected chi connectivity index (χ1v) is 8.42. The summed E-state index contributed by atoms with van der Waals surface area (Å²) in [6.07, 6.45) is 1.41. The average molecular weight is 315 g/mol. The minimum absolute atomic E-state index is 0.0294. The molecule has 0 aliphatic carbocycles. The van der Waals surface area contributed by atoms with Crippen LogP contribution < -0.4 is 0 Å². The van der Waals surface area contributed by atoms with Crippen LogP contribution in [0.5, 0.6) is 0 Å². The van der Waals surface area contributed by atoms with Crippen molar-refractivity contribution in [1.29, 1.82) is 0 Å². The number of hydrogen-bond acceptors (Lipinski definition) is 3. The second-order valence-electron chi connectivity index (χ2n) is 4.48. The number of para-hydroxylation sites is 1. The standard InChI is InChI=1S/C13H15ClN2O3S/c1-3-15(2)13(17)9-16-8-12(20(14,18)19)10-6-4-5-7-11(10)16/h4-8H,3,9H2,1-2H3. The first kappa shape index (κ1) is 14.9. The van der Waals surface area contributed by atoms with Crippen LogP contribution in [0.4, 0.5) is 0 Å². The molecule has 0 radical (unpaired) electrons. The van der Waals surface area contributed by atoms with Crippen molar-refractivity contribution in [3.8, 4) is 0 Å². The molecule has 2 rings (SSSR count). The fraction of sp³-hybridized carbons (Fsp3) is 0.308. The summed E-state index contributed by atoms with van der Waals surface area (Å²) < 4.78 is 24.8. The molecule has 20 heavy (non-hydrogen) atoms. The van der Waals surface area contributed by atoms with Crippen LogP contribution in [0.15, 0.2) is 35.4 Å². The highest BCUT2D eigenvalue weighted by Crippen LogP contribution is 2.27. The van der Waals surface area contributed by atoms with Crippen LogP contribution in [0.2, 0.25) is 0 Å². The van der Waals surface area contributed by atoms with Crippen molar-refractivity contribution in [3.63, 3.8) is 0 Å². The summed E-state index contributed by atoms with van der Waals surface area (Å²) in [5, 5.41) is 0.523. The lowest BCUT2D eigenvalue weighted by atomic mass is 10.2. The maximum Gasteiger partial charge on any atom is 0.263 e.